The average Bonchev–Trinajstić information content (AvgIpc) is 3.04. The van der Waals surface area contributed by atoms with Crippen molar-refractivity contribution in [3.05, 3.63) is 70.9 Å². The van der Waals surface area contributed by atoms with E-state index in [1.807, 2.05) is 0 Å². The van der Waals surface area contributed by atoms with E-state index in [1.54, 1.807) is 0 Å². The summed E-state index contributed by atoms with van der Waals surface area (Å²) in [5.74, 6) is 0. The number of ether oxygens (including phenoxy) is 1. The zero-order valence-corrected chi connectivity index (χ0v) is 16.9. The van der Waals surface area contributed by atoms with Gasteiger partial charge in [0, 0.05) is 11.9 Å². The second kappa shape index (κ2) is 7.52. The predicted molar refractivity (Wildman–Crippen MR) is 113 cm³/mol. The summed E-state index contributed by atoms with van der Waals surface area (Å²) in [5, 5.41) is 1.44. The zero-order valence-electron chi connectivity index (χ0n) is 16.9. The summed E-state index contributed by atoms with van der Waals surface area (Å²) in [5.41, 5.74) is 7.04. The monoisotopic (exact) mass is 361 g/mol. The summed E-state index contributed by atoms with van der Waals surface area (Å²) in [6.07, 6.45) is 5.33. The lowest BCUT2D eigenvalue weighted by Crippen LogP contribution is -2.37. The number of para-hydroxylation sites is 1. The fraction of sp³-hybridized carbons (Fsp3) is 0.440. The van der Waals surface area contributed by atoms with Crippen LogP contribution in [0.25, 0.3) is 10.9 Å². The van der Waals surface area contributed by atoms with Crippen molar-refractivity contribution in [1.82, 2.24) is 4.57 Å². The first-order chi connectivity index (χ1) is 13.2. The molecule has 0 bridgehead atoms. The molecule has 4 rings (SSSR count). The van der Waals surface area contributed by atoms with Crippen LogP contribution < -0.4 is 0 Å². The van der Waals surface area contributed by atoms with Crippen molar-refractivity contribution < 1.29 is 4.74 Å². The van der Waals surface area contributed by atoms with Gasteiger partial charge >= 0.3 is 0 Å². The molecule has 2 nitrogen and oxygen atoms in total. The van der Waals surface area contributed by atoms with Crippen LogP contribution in [-0.4, -0.2) is 11.2 Å². The number of hydrogen-bond acceptors (Lipinski definition) is 1. The summed E-state index contributed by atoms with van der Waals surface area (Å²) in [4.78, 5) is 0. The van der Waals surface area contributed by atoms with Crippen LogP contribution in [0.1, 0.15) is 62.4 Å². The van der Waals surface area contributed by atoms with Crippen LogP contribution in [0, 0.1) is 0 Å². The molecule has 0 radical (unpaired) electrons. The smallest absolute Gasteiger partial charge is 0.108 e. The SMILES string of the molecule is CCCC1(CC)OCCc2c1n(Cc1ccccc1)c1c(CC)cccc21. The minimum atomic E-state index is -0.152. The molecule has 0 amide bonds. The topological polar surface area (TPSA) is 14.2 Å². The highest BCUT2D eigenvalue weighted by atomic mass is 16.5. The van der Waals surface area contributed by atoms with E-state index in [0.717, 1.165) is 45.3 Å². The van der Waals surface area contributed by atoms with E-state index in [9.17, 15) is 0 Å². The molecule has 0 spiro atoms. The molecular weight excluding hydrogens is 330 g/mol. The highest BCUT2D eigenvalue weighted by Gasteiger charge is 2.40. The molecule has 0 saturated heterocycles. The number of aryl methyl sites for hydroxylation is 1. The summed E-state index contributed by atoms with van der Waals surface area (Å²) in [7, 11) is 0. The Morgan fingerprint density at radius 1 is 1.00 bits per heavy atom. The van der Waals surface area contributed by atoms with E-state index in [0.29, 0.717) is 0 Å². The molecule has 3 aromatic rings. The third-order valence-electron chi connectivity index (χ3n) is 6.22. The molecule has 142 valence electrons. The average molecular weight is 362 g/mol. The molecular formula is C25H31NO. The van der Waals surface area contributed by atoms with Crippen molar-refractivity contribution in [1.29, 1.82) is 0 Å². The van der Waals surface area contributed by atoms with Crippen molar-refractivity contribution in [3.8, 4) is 0 Å². The Morgan fingerprint density at radius 3 is 2.52 bits per heavy atom. The van der Waals surface area contributed by atoms with Crippen molar-refractivity contribution in [2.75, 3.05) is 6.61 Å². The standard InChI is InChI=1S/C25H31NO/c1-4-16-25(6-3)24-22(15-17-27-25)21-14-10-13-20(5-2)23(21)26(24)18-19-11-8-7-9-12-19/h7-14H,4-6,15-18H2,1-3H3. The first-order valence-electron chi connectivity index (χ1n) is 10.6. The van der Waals surface area contributed by atoms with E-state index in [-0.39, 0.29) is 5.60 Å². The van der Waals surface area contributed by atoms with E-state index >= 15 is 0 Å². The summed E-state index contributed by atoms with van der Waals surface area (Å²) in [6, 6.07) is 17.7. The van der Waals surface area contributed by atoms with Crippen LogP contribution >= 0.6 is 0 Å². The Labute approximate surface area is 163 Å². The minimum absolute atomic E-state index is 0.152. The molecule has 1 aromatic heterocycles. The van der Waals surface area contributed by atoms with Gasteiger partial charge in [-0.05, 0) is 42.4 Å². The van der Waals surface area contributed by atoms with Crippen molar-refractivity contribution in [2.45, 2.75) is 65.0 Å². The summed E-state index contributed by atoms with van der Waals surface area (Å²) < 4.78 is 9.14. The maximum Gasteiger partial charge on any atom is 0.108 e. The minimum Gasteiger partial charge on any atom is -0.368 e. The third kappa shape index (κ3) is 3.00. The lowest BCUT2D eigenvalue weighted by molar-refractivity contribution is -0.0748. The highest BCUT2D eigenvalue weighted by Crippen LogP contribution is 2.45. The molecule has 0 N–H and O–H groups in total. The molecule has 0 aliphatic carbocycles. The second-order valence-electron chi connectivity index (χ2n) is 7.76. The number of benzene rings is 2. The lowest BCUT2D eigenvalue weighted by atomic mass is 9.85. The first kappa shape index (κ1) is 18.3. The van der Waals surface area contributed by atoms with Crippen molar-refractivity contribution in [2.24, 2.45) is 0 Å². The van der Waals surface area contributed by atoms with Gasteiger partial charge in [-0.15, -0.1) is 0 Å². The molecule has 1 atom stereocenters. The van der Waals surface area contributed by atoms with E-state index in [1.165, 1.54) is 33.3 Å². The van der Waals surface area contributed by atoms with Gasteiger partial charge in [-0.2, -0.15) is 0 Å². The summed E-state index contributed by atoms with van der Waals surface area (Å²) >= 11 is 0. The van der Waals surface area contributed by atoms with Gasteiger partial charge in [-0.25, -0.2) is 0 Å². The Morgan fingerprint density at radius 2 is 1.81 bits per heavy atom. The van der Waals surface area contributed by atoms with Gasteiger partial charge in [0.05, 0.1) is 17.8 Å². The third-order valence-corrected chi connectivity index (χ3v) is 6.22. The molecule has 2 heteroatoms. The molecule has 0 saturated carbocycles. The second-order valence-corrected chi connectivity index (χ2v) is 7.76. The quantitative estimate of drug-likeness (QED) is 0.507. The number of rotatable bonds is 6. The largest absolute Gasteiger partial charge is 0.368 e. The molecule has 1 unspecified atom stereocenters. The molecule has 0 fully saturated rings. The van der Waals surface area contributed by atoms with Crippen LogP contribution in [0.5, 0.6) is 0 Å². The fourth-order valence-electron chi connectivity index (χ4n) is 5.00. The predicted octanol–water partition coefficient (Wildman–Crippen LogP) is 6.23. The van der Waals surface area contributed by atoms with Crippen LogP contribution in [-0.2, 0) is 29.7 Å². The lowest BCUT2D eigenvalue weighted by Gasteiger charge is -2.38. The Kier molecular flexibility index (Phi) is 5.10. The van der Waals surface area contributed by atoms with Crippen molar-refractivity contribution >= 4 is 10.9 Å². The van der Waals surface area contributed by atoms with E-state index < -0.39 is 0 Å². The first-order valence-corrected chi connectivity index (χ1v) is 10.6. The Bertz CT molecular complexity index is 924. The van der Waals surface area contributed by atoms with Gasteiger partial charge < -0.3 is 9.30 Å². The van der Waals surface area contributed by atoms with Crippen LogP contribution in [0.15, 0.2) is 48.5 Å². The summed E-state index contributed by atoms with van der Waals surface area (Å²) in [6.45, 7) is 8.58. The fourth-order valence-corrected chi connectivity index (χ4v) is 5.00. The number of fused-ring (bicyclic) bond motifs is 3. The number of nitrogens with zero attached hydrogens (tertiary/aromatic N) is 1. The Hall–Kier alpha value is -2.06. The normalized spacial score (nSPS) is 19.4. The Balaban J connectivity index is 2.02. The van der Waals surface area contributed by atoms with Crippen molar-refractivity contribution in [3.63, 3.8) is 0 Å². The van der Waals surface area contributed by atoms with E-state index in [2.05, 4.69) is 73.9 Å². The molecule has 1 aliphatic heterocycles. The van der Waals surface area contributed by atoms with Gasteiger partial charge in [0.2, 0.25) is 0 Å². The van der Waals surface area contributed by atoms with Crippen LogP contribution in [0.2, 0.25) is 0 Å². The number of hydrogen-bond donors (Lipinski definition) is 0. The molecule has 1 aliphatic rings. The molecule has 2 heterocycles. The van der Waals surface area contributed by atoms with Gasteiger partial charge in [0.1, 0.15) is 5.60 Å². The van der Waals surface area contributed by atoms with Gasteiger partial charge in [0.25, 0.3) is 0 Å². The van der Waals surface area contributed by atoms with Gasteiger partial charge in [-0.3, -0.25) is 0 Å². The van der Waals surface area contributed by atoms with E-state index in [4.69, 9.17) is 4.74 Å². The molecule has 2 aromatic carbocycles. The van der Waals surface area contributed by atoms with Crippen LogP contribution in [0.4, 0.5) is 0 Å². The zero-order chi connectivity index (χ0) is 18.9. The van der Waals surface area contributed by atoms with Gasteiger partial charge in [0.15, 0.2) is 0 Å². The molecule has 27 heavy (non-hydrogen) atoms. The maximum atomic E-state index is 6.54. The maximum absolute atomic E-state index is 6.54. The highest BCUT2D eigenvalue weighted by molar-refractivity contribution is 5.89. The van der Waals surface area contributed by atoms with Gasteiger partial charge in [-0.1, -0.05) is 75.7 Å². The van der Waals surface area contributed by atoms with Crippen LogP contribution in [0.3, 0.4) is 0 Å². The number of aromatic nitrogens is 1.